The number of nitrogens with two attached hydrogens (primary N) is 1. The molecule has 0 spiro atoms. The van der Waals surface area contributed by atoms with Crippen molar-refractivity contribution in [2.75, 3.05) is 13.2 Å². The lowest BCUT2D eigenvalue weighted by atomic mass is 10.0. The lowest BCUT2D eigenvalue weighted by Crippen LogP contribution is -2.57. The first-order valence-electron chi connectivity index (χ1n) is 23.6. The van der Waals surface area contributed by atoms with Crippen LogP contribution in [0.2, 0.25) is 20.1 Å². The van der Waals surface area contributed by atoms with Crippen LogP contribution in [0.5, 0.6) is 11.5 Å². The highest BCUT2D eigenvalue weighted by molar-refractivity contribution is 6.46. The number of hydrogen-bond acceptors (Lipinski definition) is 15. The first kappa shape index (κ1) is 65.7. The normalized spacial score (nSPS) is 13.1. The van der Waals surface area contributed by atoms with Crippen molar-refractivity contribution < 1.29 is 82.6 Å². The molecule has 3 rings (SSSR count). The third-order valence-electron chi connectivity index (χ3n) is 11.3. The monoisotopic (exact) mass is 1180 g/mol. The van der Waals surface area contributed by atoms with Gasteiger partial charge in [0.2, 0.25) is 29.5 Å². The maximum absolute atomic E-state index is 13.4. The minimum absolute atomic E-state index is 0.0312. The molecule has 0 heterocycles. The minimum atomic E-state index is -1.82. The van der Waals surface area contributed by atoms with E-state index in [4.69, 9.17) is 61.6 Å². The Balaban J connectivity index is 1.68. The number of carboxylic acid groups (broad SMARTS) is 2. The van der Waals surface area contributed by atoms with Crippen LogP contribution in [0.4, 0.5) is 0 Å². The molecule has 0 saturated carbocycles. The fraction of sp³-hybridized carbons (Fsp3) is 0.353. The number of aliphatic carboxylic acids is 2. The summed E-state index contributed by atoms with van der Waals surface area (Å²) in [6, 6.07) is 1.85. The topological polar surface area (TPSA) is 385 Å². The van der Waals surface area contributed by atoms with Gasteiger partial charge in [-0.15, -0.1) is 0 Å². The van der Waals surface area contributed by atoms with Crippen molar-refractivity contribution in [2.45, 2.75) is 103 Å². The van der Waals surface area contributed by atoms with E-state index in [-0.39, 0.29) is 70.6 Å². The van der Waals surface area contributed by atoms with Crippen LogP contribution in [-0.2, 0) is 51.4 Å². The maximum Gasteiger partial charge on any atom is 0.305 e. The highest BCUT2D eigenvalue weighted by Gasteiger charge is 2.33. The number of rotatable bonds is 31. The predicted molar refractivity (Wildman–Crippen MR) is 286 cm³/mol. The summed E-state index contributed by atoms with van der Waals surface area (Å²) in [4.78, 5) is 140. The molecule has 0 unspecified atom stereocenters. The van der Waals surface area contributed by atoms with Crippen LogP contribution in [0.25, 0.3) is 0 Å². The number of halogens is 4. The van der Waals surface area contributed by atoms with Gasteiger partial charge in [-0.25, -0.2) is 0 Å². The number of ketones is 2. The highest BCUT2D eigenvalue weighted by atomic mass is 35.5. The summed E-state index contributed by atoms with van der Waals surface area (Å²) in [6.45, 7) is 10.5. The number of carbonyl (C=O) groups excluding carboxylic acids is 9. The summed E-state index contributed by atoms with van der Waals surface area (Å²) < 4.78 is 10.8. The van der Waals surface area contributed by atoms with E-state index < -0.39 is 140 Å². The molecular weight excluding hydrogens is 1120 g/mol. The molecule has 12 N–H and O–H groups in total. The standard InChI is InChI=1S/C51H57Cl4N7O17/c1-7-22(3)45(71)29-9-11-33(41(54)39(29)52)78-20-35(65)59-31(16-37(67)68)48(74)61-43(24(5)63)50(76)57-18-26-13-27(15-28(14-26)47(56)73)19-58-51(77)44(25(6)64)62-49(75)32(17-38(69)70)60-36(66)21-79-34-12-10-30(40(53)42(34)55)46(72)23(4)8-2/h9-15,24-25,31-32,43-44,63-64H,3-4,7-8,16-21H2,1-2,5-6H3,(H2,56,73)(H,57,76)(H,58,77)(H,59,65)(H,60,66)(H,61,74)(H,62,75)(H,67,68)(H,69,70)/t24-,25-,31+,32+,43+,44+/m1/s1. The molecule has 28 heteroatoms. The molecule has 0 aliphatic rings. The second-order valence-electron chi connectivity index (χ2n) is 17.4. The average Bonchev–Trinajstić information content (AvgIpc) is 3.40. The van der Waals surface area contributed by atoms with Gasteiger partial charge < -0.3 is 67.5 Å². The molecule has 0 bridgehead atoms. The van der Waals surface area contributed by atoms with Gasteiger partial charge in [0.15, 0.2) is 24.8 Å². The number of amides is 7. The molecule has 6 atom stereocenters. The van der Waals surface area contributed by atoms with Crippen LogP contribution in [0, 0.1) is 0 Å². The molecule has 0 fully saturated rings. The summed E-state index contributed by atoms with van der Waals surface area (Å²) in [5.74, 6) is -11.8. The van der Waals surface area contributed by atoms with Gasteiger partial charge in [-0.1, -0.05) is 79.5 Å². The Morgan fingerprint density at radius 1 is 0.557 bits per heavy atom. The van der Waals surface area contributed by atoms with Gasteiger partial charge in [-0.3, -0.25) is 52.7 Å². The van der Waals surface area contributed by atoms with Gasteiger partial charge in [-0.05, 0) is 85.4 Å². The van der Waals surface area contributed by atoms with Gasteiger partial charge in [0.25, 0.3) is 11.8 Å². The molecule has 7 amide bonds. The van der Waals surface area contributed by atoms with Crippen LogP contribution >= 0.6 is 46.4 Å². The number of Topliss-reactive ketones (excluding diaryl/α,β-unsaturated/α-hetero) is 2. The highest BCUT2D eigenvalue weighted by Crippen LogP contribution is 2.37. The van der Waals surface area contributed by atoms with Crippen molar-refractivity contribution in [3.8, 4) is 11.5 Å². The molecule has 79 heavy (non-hydrogen) atoms. The molecule has 0 radical (unpaired) electrons. The second-order valence-corrected chi connectivity index (χ2v) is 18.9. The molecule has 3 aromatic rings. The zero-order valence-corrected chi connectivity index (χ0v) is 45.8. The molecule has 0 aliphatic carbocycles. The number of benzene rings is 3. The quantitative estimate of drug-likeness (QED) is 0.0326. The van der Waals surface area contributed by atoms with Gasteiger partial charge in [-0.2, -0.15) is 0 Å². The van der Waals surface area contributed by atoms with Crippen LogP contribution in [0.1, 0.15) is 95.6 Å². The Morgan fingerprint density at radius 3 is 1.22 bits per heavy atom. The molecule has 426 valence electrons. The predicted octanol–water partition coefficient (Wildman–Crippen LogP) is 2.74. The summed E-state index contributed by atoms with van der Waals surface area (Å²) in [6.07, 6.45) is -4.56. The van der Waals surface area contributed by atoms with E-state index in [2.05, 4.69) is 45.1 Å². The van der Waals surface area contributed by atoms with E-state index in [0.29, 0.717) is 12.8 Å². The van der Waals surface area contributed by atoms with Crippen molar-refractivity contribution in [1.82, 2.24) is 31.9 Å². The lowest BCUT2D eigenvalue weighted by molar-refractivity contribution is -0.142. The maximum atomic E-state index is 13.4. The van der Waals surface area contributed by atoms with Crippen LogP contribution < -0.4 is 47.1 Å². The Labute approximate surface area is 471 Å². The molecule has 3 aromatic carbocycles. The van der Waals surface area contributed by atoms with E-state index in [1.807, 2.05) is 0 Å². The van der Waals surface area contributed by atoms with E-state index in [1.54, 1.807) is 13.8 Å². The van der Waals surface area contributed by atoms with Crippen molar-refractivity contribution in [3.63, 3.8) is 0 Å². The number of carbonyl (C=O) groups is 11. The number of aliphatic hydroxyl groups is 2. The number of ether oxygens (including phenoxy) is 2. The Bertz CT molecular complexity index is 2730. The van der Waals surface area contributed by atoms with Gasteiger partial charge in [0.05, 0.1) is 35.1 Å². The lowest BCUT2D eigenvalue weighted by Gasteiger charge is -2.24. The zero-order chi connectivity index (χ0) is 59.6. The van der Waals surface area contributed by atoms with Crippen molar-refractivity contribution in [2.24, 2.45) is 5.73 Å². The van der Waals surface area contributed by atoms with Crippen molar-refractivity contribution in [1.29, 1.82) is 0 Å². The Kier molecular flexibility index (Phi) is 25.4. The second kappa shape index (κ2) is 30.5. The minimum Gasteiger partial charge on any atom is -0.482 e. The first-order valence-corrected chi connectivity index (χ1v) is 25.2. The fourth-order valence-electron chi connectivity index (χ4n) is 6.89. The first-order chi connectivity index (χ1) is 37.0. The number of allylic oxidation sites excluding steroid dienone is 2. The molecule has 24 nitrogen and oxygen atoms in total. The summed E-state index contributed by atoms with van der Waals surface area (Å²) >= 11 is 25.1. The molecule has 0 aromatic heterocycles. The van der Waals surface area contributed by atoms with Crippen LogP contribution in [-0.4, -0.2) is 135 Å². The SMILES string of the molecule is C=C(CC)C(=O)c1ccc(OCC(=O)N[C@@H](CC(=O)O)C(=O)N[C@H](C(=O)NCc2cc(CNC(=O)[C@@H](NC(=O)[C@H](CC(=O)O)NC(=O)COc3ccc(C(=O)C(=C)CC)c(Cl)c3Cl)[C@@H](C)O)cc(C(N)=O)c2)[C@@H](C)O)c(Cl)c1Cl. The summed E-state index contributed by atoms with van der Waals surface area (Å²) in [7, 11) is 0. The molecule has 0 aliphatic heterocycles. The third-order valence-corrected chi connectivity index (χ3v) is 13.0. The van der Waals surface area contributed by atoms with Crippen molar-refractivity contribution in [3.05, 3.63) is 115 Å². The number of aliphatic hydroxyl groups excluding tert-OH is 2. The van der Waals surface area contributed by atoms with Gasteiger partial charge in [0, 0.05) is 29.8 Å². The average molecular weight is 1180 g/mol. The smallest absolute Gasteiger partial charge is 0.305 e. The number of hydrogen-bond donors (Lipinski definition) is 11. The van der Waals surface area contributed by atoms with E-state index in [9.17, 15) is 73.2 Å². The number of carboxylic acids is 2. The van der Waals surface area contributed by atoms with E-state index in [1.165, 1.54) is 42.5 Å². The van der Waals surface area contributed by atoms with Gasteiger partial charge in [0.1, 0.15) is 45.7 Å². The van der Waals surface area contributed by atoms with E-state index in [0.717, 1.165) is 13.8 Å². The third kappa shape index (κ3) is 19.4. The van der Waals surface area contributed by atoms with Crippen LogP contribution in [0.3, 0.4) is 0 Å². The summed E-state index contributed by atoms with van der Waals surface area (Å²) in [5, 5.41) is 52.9. The van der Waals surface area contributed by atoms with E-state index >= 15 is 0 Å². The Morgan fingerprint density at radius 2 is 0.911 bits per heavy atom. The Hall–Kier alpha value is -7.61. The van der Waals surface area contributed by atoms with Crippen molar-refractivity contribution >= 4 is 111 Å². The fourth-order valence-corrected chi connectivity index (χ4v) is 7.81. The molecular formula is C51H57Cl4N7O17. The molecule has 0 saturated heterocycles. The van der Waals surface area contributed by atoms with Gasteiger partial charge >= 0.3 is 11.9 Å². The van der Waals surface area contributed by atoms with Crippen LogP contribution in [0.15, 0.2) is 66.8 Å². The number of nitrogens with one attached hydrogen (secondary N) is 6. The number of primary amides is 1. The summed E-state index contributed by atoms with van der Waals surface area (Å²) in [5.41, 5.74) is 6.32. The largest absolute Gasteiger partial charge is 0.482 e. The zero-order valence-electron chi connectivity index (χ0n) is 42.8.